The minimum Gasteiger partial charge on any atom is -0.480 e. The van der Waals surface area contributed by atoms with Gasteiger partial charge in [0.1, 0.15) is 17.5 Å². The Bertz CT molecular complexity index is 978. The Kier molecular flexibility index (Phi) is 5.20. The normalized spacial score (nSPS) is 16.6. The number of nitriles is 1. The predicted octanol–water partition coefficient (Wildman–Crippen LogP) is 2.99. The van der Waals surface area contributed by atoms with E-state index in [1.165, 1.54) is 0 Å². The molecule has 0 amide bonds. The molecule has 7 heteroatoms. The fourth-order valence-electron chi connectivity index (χ4n) is 3.87. The molecule has 0 aromatic carbocycles. The third-order valence-electron chi connectivity index (χ3n) is 5.15. The molecule has 3 aromatic heterocycles. The SMILES string of the molecule is COc1nccc(N2CCC[C@H](c3nccn3Cc3cccnc3)C2)c1C#N. The Labute approximate surface area is 164 Å². The van der Waals surface area contributed by atoms with Crippen LogP contribution in [0.5, 0.6) is 5.88 Å². The van der Waals surface area contributed by atoms with E-state index in [1.807, 2.05) is 30.7 Å². The topological polar surface area (TPSA) is 79.9 Å². The number of nitrogens with zero attached hydrogens (tertiary/aromatic N) is 6. The number of hydrogen-bond donors (Lipinski definition) is 0. The van der Waals surface area contributed by atoms with Gasteiger partial charge in [-0.2, -0.15) is 5.26 Å². The average Bonchev–Trinajstić information content (AvgIpc) is 3.22. The summed E-state index contributed by atoms with van der Waals surface area (Å²) in [4.78, 5) is 15.3. The van der Waals surface area contributed by atoms with Gasteiger partial charge in [0.2, 0.25) is 5.88 Å². The molecule has 4 heterocycles. The van der Waals surface area contributed by atoms with Crippen LogP contribution in [0.4, 0.5) is 5.69 Å². The van der Waals surface area contributed by atoms with Crippen LogP contribution in [0, 0.1) is 11.3 Å². The van der Waals surface area contributed by atoms with E-state index in [-0.39, 0.29) is 0 Å². The van der Waals surface area contributed by atoms with Crippen molar-refractivity contribution < 1.29 is 4.74 Å². The number of aromatic nitrogens is 4. The monoisotopic (exact) mass is 374 g/mol. The average molecular weight is 374 g/mol. The number of piperidine rings is 1. The molecule has 0 spiro atoms. The molecule has 0 aliphatic carbocycles. The number of methoxy groups -OCH3 is 1. The lowest BCUT2D eigenvalue weighted by Crippen LogP contribution is -2.36. The standard InChI is InChI=1S/C21H22N6O/c1-28-21-18(12-22)19(6-8-25-21)26-10-3-5-17(15-26)20-24-9-11-27(20)14-16-4-2-7-23-13-16/h2,4,6-9,11,13,17H,3,5,10,14-15H2,1H3/t17-/m0/s1. The van der Waals surface area contributed by atoms with Crippen molar-refractivity contribution in [3.8, 4) is 11.9 Å². The lowest BCUT2D eigenvalue weighted by atomic mass is 9.96. The molecule has 4 rings (SSSR count). The van der Waals surface area contributed by atoms with Gasteiger partial charge in [-0.05, 0) is 30.5 Å². The van der Waals surface area contributed by atoms with E-state index in [0.717, 1.165) is 49.6 Å². The van der Waals surface area contributed by atoms with Gasteiger partial charge < -0.3 is 14.2 Å². The van der Waals surface area contributed by atoms with E-state index >= 15 is 0 Å². The minimum absolute atomic E-state index is 0.297. The molecule has 1 fully saturated rings. The second-order valence-corrected chi connectivity index (χ2v) is 6.89. The van der Waals surface area contributed by atoms with E-state index in [9.17, 15) is 5.26 Å². The molecule has 1 aliphatic rings. The Morgan fingerprint density at radius 3 is 2.96 bits per heavy atom. The fourth-order valence-corrected chi connectivity index (χ4v) is 3.87. The number of hydrogen-bond acceptors (Lipinski definition) is 6. The van der Waals surface area contributed by atoms with Gasteiger partial charge in [0.15, 0.2) is 0 Å². The molecule has 3 aromatic rings. The van der Waals surface area contributed by atoms with Crippen LogP contribution in [-0.2, 0) is 6.54 Å². The summed E-state index contributed by atoms with van der Waals surface area (Å²) in [5.74, 6) is 1.75. The highest BCUT2D eigenvalue weighted by Gasteiger charge is 2.27. The van der Waals surface area contributed by atoms with Crippen LogP contribution in [0.2, 0.25) is 0 Å². The van der Waals surface area contributed by atoms with Crippen molar-refractivity contribution >= 4 is 5.69 Å². The van der Waals surface area contributed by atoms with Crippen molar-refractivity contribution in [3.05, 3.63) is 66.1 Å². The third-order valence-corrected chi connectivity index (χ3v) is 5.15. The smallest absolute Gasteiger partial charge is 0.233 e. The molecule has 7 nitrogen and oxygen atoms in total. The molecule has 0 bridgehead atoms. The molecule has 0 radical (unpaired) electrons. The van der Waals surface area contributed by atoms with E-state index in [0.29, 0.717) is 17.4 Å². The van der Waals surface area contributed by atoms with Crippen LogP contribution in [-0.4, -0.2) is 39.7 Å². The van der Waals surface area contributed by atoms with Crippen LogP contribution in [0.15, 0.2) is 49.2 Å². The number of rotatable bonds is 5. The molecule has 28 heavy (non-hydrogen) atoms. The summed E-state index contributed by atoms with van der Waals surface area (Å²) in [6.45, 7) is 2.47. The van der Waals surface area contributed by atoms with E-state index in [1.54, 1.807) is 19.5 Å². The van der Waals surface area contributed by atoms with Crippen molar-refractivity contribution in [3.63, 3.8) is 0 Å². The maximum Gasteiger partial charge on any atom is 0.233 e. The third kappa shape index (κ3) is 3.54. The highest BCUT2D eigenvalue weighted by atomic mass is 16.5. The van der Waals surface area contributed by atoms with Crippen molar-refractivity contribution in [1.29, 1.82) is 5.26 Å². The molecule has 142 valence electrons. The Morgan fingerprint density at radius 1 is 1.25 bits per heavy atom. The lowest BCUT2D eigenvalue weighted by molar-refractivity contribution is 0.396. The Morgan fingerprint density at radius 2 is 2.18 bits per heavy atom. The molecule has 1 aliphatic heterocycles. The summed E-state index contributed by atoms with van der Waals surface area (Å²) in [5, 5.41) is 9.60. The summed E-state index contributed by atoms with van der Waals surface area (Å²) < 4.78 is 7.47. The van der Waals surface area contributed by atoms with Gasteiger partial charge >= 0.3 is 0 Å². The summed E-state index contributed by atoms with van der Waals surface area (Å²) >= 11 is 0. The molecule has 0 unspecified atom stereocenters. The van der Waals surface area contributed by atoms with Gasteiger partial charge in [0.25, 0.3) is 0 Å². The molecule has 0 saturated carbocycles. The van der Waals surface area contributed by atoms with Crippen molar-refractivity contribution in [1.82, 2.24) is 19.5 Å². The van der Waals surface area contributed by atoms with Crippen LogP contribution < -0.4 is 9.64 Å². The summed E-state index contributed by atoms with van der Waals surface area (Å²) in [6.07, 6.45) is 11.4. The van der Waals surface area contributed by atoms with Crippen LogP contribution in [0.3, 0.4) is 0 Å². The van der Waals surface area contributed by atoms with Crippen LogP contribution in [0.1, 0.15) is 35.7 Å². The van der Waals surface area contributed by atoms with E-state index in [4.69, 9.17) is 4.74 Å². The zero-order chi connectivity index (χ0) is 19.3. The summed E-state index contributed by atoms with van der Waals surface area (Å²) in [7, 11) is 1.54. The highest BCUT2D eigenvalue weighted by molar-refractivity contribution is 5.63. The zero-order valence-electron chi connectivity index (χ0n) is 15.8. The van der Waals surface area contributed by atoms with Gasteiger partial charge in [-0.1, -0.05) is 6.07 Å². The number of pyridine rings is 2. The minimum atomic E-state index is 0.297. The van der Waals surface area contributed by atoms with E-state index < -0.39 is 0 Å². The predicted molar refractivity (Wildman–Crippen MR) is 105 cm³/mol. The van der Waals surface area contributed by atoms with Crippen molar-refractivity contribution in [2.24, 2.45) is 0 Å². The van der Waals surface area contributed by atoms with Gasteiger partial charge in [-0.3, -0.25) is 4.98 Å². The molecule has 0 N–H and O–H groups in total. The second-order valence-electron chi connectivity index (χ2n) is 6.89. The highest BCUT2D eigenvalue weighted by Crippen LogP contribution is 2.33. The largest absolute Gasteiger partial charge is 0.480 e. The molecule has 1 atom stereocenters. The summed E-state index contributed by atoms with van der Waals surface area (Å²) in [6, 6.07) is 8.17. The molecular weight excluding hydrogens is 352 g/mol. The maximum absolute atomic E-state index is 9.60. The zero-order valence-corrected chi connectivity index (χ0v) is 15.8. The van der Waals surface area contributed by atoms with Crippen molar-refractivity contribution in [2.45, 2.75) is 25.3 Å². The van der Waals surface area contributed by atoms with Gasteiger partial charge in [-0.25, -0.2) is 9.97 Å². The van der Waals surface area contributed by atoms with Crippen LogP contribution in [0.25, 0.3) is 0 Å². The Balaban J connectivity index is 1.58. The van der Waals surface area contributed by atoms with Gasteiger partial charge in [0, 0.05) is 50.0 Å². The first-order valence-corrected chi connectivity index (χ1v) is 9.38. The Hall–Kier alpha value is -3.40. The van der Waals surface area contributed by atoms with E-state index in [2.05, 4.69) is 36.6 Å². The van der Waals surface area contributed by atoms with Crippen molar-refractivity contribution in [2.75, 3.05) is 25.1 Å². The second kappa shape index (κ2) is 8.09. The maximum atomic E-state index is 9.60. The number of ether oxygens (including phenoxy) is 1. The first-order chi connectivity index (χ1) is 13.8. The van der Waals surface area contributed by atoms with Gasteiger partial charge in [0.05, 0.1) is 19.3 Å². The summed E-state index contributed by atoms with van der Waals surface area (Å²) in [5.41, 5.74) is 2.52. The quantitative estimate of drug-likeness (QED) is 0.683. The van der Waals surface area contributed by atoms with Crippen LogP contribution >= 0.6 is 0 Å². The van der Waals surface area contributed by atoms with Gasteiger partial charge in [-0.15, -0.1) is 0 Å². The number of anilines is 1. The number of imidazole rings is 1. The fraction of sp³-hybridized carbons (Fsp3) is 0.333. The first kappa shape index (κ1) is 18.0. The lowest BCUT2D eigenvalue weighted by Gasteiger charge is -2.34. The molecule has 1 saturated heterocycles. The first-order valence-electron chi connectivity index (χ1n) is 9.38. The molecular formula is C21H22N6O.